The van der Waals surface area contributed by atoms with Crippen LogP contribution in [0.2, 0.25) is 0 Å². The molecule has 0 unspecified atom stereocenters. The van der Waals surface area contributed by atoms with Gasteiger partial charge in [-0.3, -0.25) is 9.78 Å². The van der Waals surface area contributed by atoms with E-state index < -0.39 is 10.0 Å². The predicted octanol–water partition coefficient (Wildman–Crippen LogP) is 1.44. The number of aryl methyl sites for hydroxylation is 1. The van der Waals surface area contributed by atoms with Crippen LogP contribution in [0.25, 0.3) is 10.9 Å². The highest BCUT2D eigenvalue weighted by Crippen LogP contribution is 2.24. The van der Waals surface area contributed by atoms with Crippen molar-refractivity contribution in [1.82, 2.24) is 14.6 Å². The fraction of sp³-hybridized carbons (Fsp3) is 0.375. The number of nitrogens with one attached hydrogen (secondary N) is 1. The lowest BCUT2D eigenvalue weighted by Gasteiger charge is -2.16. The fourth-order valence-corrected chi connectivity index (χ4v) is 4.01. The zero-order valence-corrected chi connectivity index (χ0v) is 13.8. The first-order valence-corrected chi connectivity index (χ1v) is 9.09. The van der Waals surface area contributed by atoms with Gasteiger partial charge in [0.05, 0.1) is 17.0 Å². The second-order valence-electron chi connectivity index (χ2n) is 5.69. The van der Waals surface area contributed by atoms with E-state index in [9.17, 15) is 13.2 Å². The molecule has 0 aliphatic carbocycles. The third-order valence-corrected chi connectivity index (χ3v) is 5.55. The van der Waals surface area contributed by atoms with E-state index in [4.69, 9.17) is 0 Å². The molecule has 0 spiro atoms. The Kier molecular flexibility index (Phi) is 4.32. The summed E-state index contributed by atoms with van der Waals surface area (Å²) in [5.74, 6) is -0.180. The number of benzene rings is 1. The molecule has 0 bridgehead atoms. The van der Waals surface area contributed by atoms with E-state index in [0.29, 0.717) is 24.0 Å². The minimum Gasteiger partial charge on any atom is -0.342 e. The third kappa shape index (κ3) is 3.20. The summed E-state index contributed by atoms with van der Waals surface area (Å²) in [5, 5.41) is 0.564. The van der Waals surface area contributed by atoms with Gasteiger partial charge in [-0.1, -0.05) is 6.07 Å². The molecule has 1 aliphatic rings. The Labute approximate surface area is 135 Å². The molecule has 1 N–H and O–H groups in total. The Morgan fingerprint density at radius 2 is 2.00 bits per heavy atom. The van der Waals surface area contributed by atoms with Gasteiger partial charge < -0.3 is 4.90 Å². The Morgan fingerprint density at radius 1 is 1.26 bits per heavy atom. The first-order valence-electron chi connectivity index (χ1n) is 7.61. The van der Waals surface area contributed by atoms with E-state index >= 15 is 0 Å². The highest BCUT2D eigenvalue weighted by atomic mass is 32.2. The Hall–Kier alpha value is -1.99. The number of fused-ring (bicyclic) bond motifs is 1. The Bertz CT molecular complexity index is 843. The van der Waals surface area contributed by atoms with Gasteiger partial charge in [0.15, 0.2) is 0 Å². The maximum atomic E-state index is 12.6. The summed E-state index contributed by atoms with van der Waals surface area (Å²) < 4.78 is 27.6. The van der Waals surface area contributed by atoms with Crippen molar-refractivity contribution in [2.24, 2.45) is 0 Å². The topological polar surface area (TPSA) is 79.4 Å². The summed E-state index contributed by atoms with van der Waals surface area (Å²) in [6, 6.07) is 6.72. The summed E-state index contributed by atoms with van der Waals surface area (Å²) in [7, 11) is -3.77. The van der Waals surface area contributed by atoms with Crippen LogP contribution in [0.3, 0.4) is 0 Å². The normalized spacial score (nSPS) is 15.3. The van der Waals surface area contributed by atoms with Gasteiger partial charge in [-0.15, -0.1) is 0 Å². The van der Waals surface area contributed by atoms with Crippen LogP contribution in [0.15, 0.2) is 35.4 Å². The summed E-state index contributed by atoms with van der Waals surface area (Å²) in [5.41, 5.74) is 1.56. The fourth-order valence-electron chi connectivity index (χ4n) is 2.83. The Morgan fingerprint density at radius 3 is 2.74 bits per heavy atom. The van der Waals surface area contributed by atoms with Crippen molar-refractivity contribution in [3.05, 3.63) is 36.0 Å². The monoisotopic (exact) mass is 333 g/mol. The predicted molar refractivity (Wildman–Crippen MR) is 87.5 cm³/mol. The number of pyridine rings is 1. The average Bonchev–Trinajstić information content (AvgIpc) is 3.07. The SMILES string of the molecule is Cc1ccc(S(=O)(=O)NCC(=O)N2CCCC2)c2cccnc12. The molecule has 0 saturated carbocycles. The number of carbonyl (C=O) groups excluding carboxylic acids is 1. The minimum atomic E-state index is -3.77. The number of hydrogen-bond donors (Lipinski definition) is 1. The lowest BCUT2D eigenvalue weighted by Crippen LogP contribution is -2.38. The average molecular weight is 333 g/mol. The molecule has 6 nitrogen and oxygen atoms in total. The first-order chi connectivity index (χ1) is 11.0. The number of hydrogen-bond acceptors (Lipinski definition) is 4. The zero-order chi connectivity index (χ0) is 16.4. The van der Waals surface area contributed by atoms with E-state index in [0.717, 1.165) is 18.4 Å². The molecule has 3 rings (SSSR count). The molecule has 1 fully saturated rings. The summed E-state index contributed by atoms with van der Waals surface area (Å²) in [6.45, 7) is 3.09. The Balaban J connectivity index is 1.85. The van der Waals surface area contributed by atoms with E-state index in [1.807, 2.05) is 6.92 Å². The van der Waals surface area contributed by atoms with Crippen molar-refractivity contribution >= 4 is 26.8 Å². The summed E-state index contributed by atoms with van der Waals surface area (Å²) in [4.78, 5) is 18.1. The van der Waals surface area contributed by atoms with Gasteiger partial charge >= 0.3 is 0 Å². The largest absolute Gasteiger partial charge is 0.342 e. The lowest BCUT2D eigenvalue weighted by atomic mass is 10.1. The molecule has 23 heavy (non-hydrogen) atoms. The number of likely N-dealkylation sites (tertiary alicyclic amines) is 1. The van der Waals surface area contributed by atoms with Crippen molar-refractivity contribution in [3.8, 4) is 0 Å². The van der Waals surface area contributed by atoms with Crippen LogP contribution >= 0.6 is 0 Å². The maximum Gasteiger partial charge on any atom is 0.241 e. The van der Waals surface area contributed by atoms with Crippen LogP contribution in [0.5, 0.6) is 0 Å². The molecule has 1 aromatic carbocycles. The molecule has 0 atom stereocenters. The van der Waals surface area contributed by atoms with Crippen molar-refractivity contribution in [2.75, 3.05) is 19.6 Å². The summed E-state index contributed by atoms with van der Waals surface area (Å²) in [6.07, 6.45) is 3.59. The number of rotatable bonds is 4. The van der Waals surface area contributed by atoms with Gasteiger partial charge in [0.25, 0.3) is 0 Å². The molecular formula is C16H19N3O3S. The number of nitrogens with zero attached hydrogens (tertiary/aromatic N) is 2. The molecule has 1 amide bonds. The van der Waals surface area contributed by atoms with Crippen LogP contribution in [-0.4, -0.2) is 43.8 Å². The van der Waals surface area contributed by atoms with Crippen molar-refractivity contribution in [1.29, 1.82) is 0 Å². The van der Waals surface area contributed by atoms with E-state index in [2.05, 4.69) is 9.71 Å². The first kappa shape index (κ1) is 15.9. The number of carbonyl (C=O) groups is 1. The molecule has 0 radical (unpaired) electrons. The molecule has 2 heterocycles. The second kappa shape index (κ2) is 6.25. The van der Waals surface area contributed by atoms with Crippen molar-refractivity contribution < 1.29 is 13.2 Å². The standard InChI is InChI=1S/C16H19N3O3S/c1-12-6-7-14(13-5-4-8-17-16(12)13)23(21,22)18-11-15(20)19-9-2-3-10-19/h4-8,18H,2-3,9-11H2,1H3. The van der Waals surface area contributed by atoms with Crippen LogP contribution < -0.4 is 4.72 Å². The minimum absolute atomic E-state index is 0.153. The smallest absolute Gasteiger partial charge is 0.241 e. The molecule has 122 valence electrons. The van der Waals surface area contributed by atoms with E-state index in [1.54, 1.807) is 35.4 Å². The number of amides is 1. The molecule has 1 aliphatic heterocycles. The van der Waals surface area contributed by atoms with Gasteiger partial charge in [0.2, 0.25) is 15.9 Å². The highest BCUT2D eigenvalue weighted by molar-refractivity contribution is 7.89. The van der Waals surface area contributed by atoms with E-state index in [-0.39, 0.29) is 17.3 Å². The molecular weight excluding hydrogens is 314 g/mol. The zero-order valence-electron chi connectivity index (χ0n) is 12.9. The lowest BCUT2D eigenvalue weighted by molar-refractivity contribution is -0.128. The molecule has 1 saturated heterocycles. The van der Waals surface area contributed by atoms with Gasteiger partial charge in [-0.2, -0.15) is 0 Å². The second-order valence-corrected chi connectivity index (χ2v) is 7.43. The van der Waals surface area contributed by atoms with Crippen LogP contribution in [-0.2, 0) is 14.8 Å². The van der Waals surface area contributed by atoms with Gasteiger partial charge in [-0.25, -0.2) is 13.1 Å². The molecule has 7 heteroatoms. The summed E-state index contributed by atoms with van der Waals surface area (Å²) >= 11 is 0. The number of aromatic nitrogens is 1. The van der Waals surface area contributed by atoms with E-state index in [1.165, 1.54) is 0 Å². The van der Waals surface area contributed by atoms with Gasteiger partial charge in [0, 0.05) is 24.7 Å². The van der Waals surface area contributed by atoms with Crippen LogP contribution in [0.4, 0.5) is 0 Å². The molecule has 1 aromatic heterocycles. The quantitative estimate of drug-likeness (QED) is 0.918. The molecule has 2 aromatic rings. The van der Waals surface area contributed by atoms with Gasteiger partial charge in [-0.05, 0) is 43.5 Å². The van der Waals surface area contributed by atoms with Crippen LogP contribution in [0.1, 0.15) is 18.4 Å². The van der Waals surface area contributed by atoms with Crippen molar-refractivity contribution in [2.45, 2.75) is 24.7 Å². The van der Waals surface area contributed by atoms with Crippen LogP contribution in [0, 0.1) is 6.92 Å². The van der Waals surface area contributed by atoms with Gasteiger partial charge in [0.1, 0.15) is 0 Å². The highest BCUT2D eigenvalue weighted by Gasteiger charge is 2.22. The third-order valence-electron chi connectivity index (χ3n) is 4.09. The number of sulfonamides is 1. The maximum absolute atomic E-state index is 12.6. The van der Waals surface area contributed by atoms with Crippen molar-refractivity contribution in [3.63, 3.8) is 0 Å².